The number of carbonyl (C=O) groups excluding carboxylic acids is 2. The summed E-state index contributed by atoms with van der Waals surface area (Å²) in [5.74, 6) is -0.355. The summed E-state index contributed by atoms with van der Waals surface area (Å²) in [5.41, 5.74) is 2.58. The van der Waals surface area contributed by atoms with Crippen LogP contribution in [0.4, 0.5) is 15.1 Å². The lowest BCUT2D eigenvalue weighted by molar-refractivity contribution is -0.129. The fourth-order valence-electron chi connectivity index (χ4n) is 3.12. The monoisotopic (exact) mass is 428 g/mol. The summed E-state index contributed by atoms with van der Waals surface area (Å²) in [5, 5.41) is 5.26. The number of benzene rings is 1. The highest BCUT2D eigenvalue weighted by atomic mass is 19.1. The van der Waals surface area contributed by atoms with Gasteiger partial charge in [0.15, 0.2) is 0 Å². The molecule has 0 radical (unpaired) electrons. The van der Waals surface area contributed by atoms with Crippen molar-refractivity contribution < 1.29 is 14.0 Å². The van der Waals surface area contributed by atoms with Crippen molar-refractivity contribution >= 4 is 28.9 Å². The molecule has 0 aliphatic carbocycles. The lowest BCUT2D eigenvalue weighted by Crippen LogP contribution is -2.28. The number of carbonyl (C=O) groups is 2. The van der Waals surface area contributed by atoms with E-state index in [1.54, 1.807) is 25.1 Å². The van der Waals surface area contributed by atoms with Gasteiger partial charge in [-0.05, 0) is 42.7 Å². The second kappa shape index (κ2) is 10.0. The van der Waals surface area contributed by atoms with E-state index in [2.05, 4.69) is 25.6 Å². The number of imidazole rings is 1. The maximum absolute atomic E-state index is 14.5. The molecule has 1 atom stereocenters. The fourth-order valence-corrected chi connectivity index (χ4v) is 3.12. The van der Waals surface area contributed by atoms with Crippen LogP contribution in [0.25, 0.3) is 22.3 Å². The minimum absolute atomic E-state index is 0. The van der Waals surface area contributed by atoms with Gasteiger partial charge >= 0.3 is 6.03 Å². The standard InChI is InChI=1S/C21H25FN6O2.CH4/c1-5-23-21(30)27-20-25-16-11-13(12(2)9-17(29)28(3)4)10-14(19(16)26-20)18-15(22)7-6-8-24-18;/h6-8,10-12H,5,9H2,1-4H3,(H3,23,25,26,27,30);1H4. The van der Waals surface area contributed by atoms with Gasteiger partial charge < -0.3 is 15.2 Å². The second-order valence-corrected chi connectivity index (χ2v) is 7.26. The van der Waals surface area contributed by atoms with Gasteiger partial charge in [-0.15, -0.1) is 0 Å². The zero-order valence-corrected chi connectivity index (χ0v) is 17.4. The molecule has 0 aliphatic rings. The van der Waals surface area contributed by atoms with Crippen molar-refractivity contribution in [3.8, 4) is 11.3 Å². The lowest BCUT2D eigenvalue weighted by Gasteiger charge is -2.16. The Morgan fingerprint density at radius 3 is 2.68 bits per heavy atom. The Morgan fingerprint density at radius 2 is 2.03 bits per heavy atom. The van der Waals surface area contributed by atoms with Crippen molar-refractivity contribution in [2.75, 3.05) is 26.0 Å². The van der Waals surface area contributed by atoms with Crippen LogP contribution in [0, 0.1) is 5.82 Å². The molecule has 1 aromatic carbocycles. The summed E-state index contributed by atoms with van der Waals surface area (Å²) in [6, 6.07) is 6.12. The molecule has 166 valence electrons. The molecule has 3 N–H and O–H groups in total. The average Bonchev–Trinajstić information content (AvgIpc) is 3.09. The number of aromatic nitrogens is 3. The lowest BCUT2D eigenvalue weighted by atomic mass is 9.93. The maximum atomic E-state index is 14.5. The molecule has 2 heterocycles. The molecule has 3 aromatic rings. The van der Waals surface area contributed by atoms with Gasteiger partial charge in [0.25, 0.3) is 0 Å². The van der Waals surface area contributed by atoms with Gasteiger partial charge in [0.1, 0.15) is 17.0 Å². The minimum atomic E-state index is -0.478. The van der Waals surface area contributed by atoms with Gasteiger partial charge in [-0.2, -0.15) is 0 Å². The predicted molar refractivity (Wildman–Crippen MR) is 120 cm³/mol. The third-order valence-electron chi connectivity index (χ3n) is 4.74. The third kappa shape index (κ3) is 5.36. The van der Waals surface area contributed by atoms with E-state index in [4.69, 9.17) is 0 Å². The summed E-state index contributed by atoms with van der Waals surface area (Å²) in [4.78, 5) is 37.2. The number of halogens is 1. The number of urea groups is 1. The number of aromatic amines is 1. The molecule has 3 rings (SSSR count). The number of rotatable bonds is 6. The SMILES string of the molecule is C.CCNC(=O)Nc1nc2c(-c3ncccc3F)cc(C(C)CC(=O)N(C)C)cc2[nH]1. The number of anilines is 1. The van der Waals surface area contributed by atoms with E-state index in [0.717, 1.165) is 5.56 Å². The van der Waals surface area contributed by atoms with Gasteiger partial charge in [0.05, 0.1) is 5.52 Å². The van der Waals surface area contributed by atoms with Crippen molar-refractivity contribution in [3.05, 3.63) is 41.8 Å². The molecule has 0 saturated carbocycles. The van der Waals surface area contributed by atoms with Crippen molar-refractivity contribution in [1.29, 1.82) is 0 Å². The number of hydrogen-bond acceptors (Lipinski definition) is 4. The van der Waals surface area contributed by atoms with Crippen LogP contribution in [-0.4, -0.2) is 52.4 Å². The largest absolute Gasteiger partial charge is 0.349 e. The summed E-state index contributed by atoms with van der Waals surface area (Å²) in [6.07, 6.45) is 1.82. The highest BCUT2D eigenvalue weighted by Gasteiger charge is 2.20. The van der Waals surface area contributed by atoms with E-state index in [0.29, 0.717) is 29.6 Å². The van der Waals surface area contributed by atoms with Crippen LogP contribution in [0.1, 0.15) is 39.2 Å². The van der Waals surface area contributed by atoms with Crippen LogP contribution in [0.3, 0.4) is 0 Å². The molecule has 8 nitrogen and oxygen atoms in total. The van der Waals surface area contributed by atoms with Crippen molar-refractivity contribution in [1.82, 2.24) is 25.2 Å². The first-order valence-corrected chi connectivity index (χ1v) is 9.69. The van der Waals surface area contributed by atoms with E-state index in [9.17, 15) is 14.0 Å². The molecule has 31 heavy (non-hydrogen) atoms. The minimum Gasteiger partial charge on any atom is -0.349 e. The van der Waals surface area contributed by atoms with Crippen molar-refractivity contribution in [2.24, 2.45) is 0 Å². The Balaban J connectivity index is 0.00000341. The zero-order chi connectivity index (χ0) is 21.8. The quantitative estimate of drug-likeness (QED) is 0.549. The van der Waals surface area contributed by atoms with Crippen LogP contribution in [-0.2, 0) is 4.79 Å². The predicted octanol–water partition coefficient (Wildman–Crippen LogP) is 4.12. The Labute approximate surface area is 181 Å². The van der Waals surface area contributed by atoms with Crippen LogP contribution >= 0.6 is 0 Å². The zero-order valence-electron chi connectivity index (χ0n) is 17.4. The number of amides is 3. The van der Waals surface area contributed by atoms with Crippen molar-refractivity contribution in [2.45, 2.75) is 33.6 Å². The fraction of sp³-hybridized carbons (Fsp3) is 0.364. The van der Waals surface area contributed by atoms with Crippen LogP contribution < -0.4 is 10.6 Å². The molecular weight excluding hydrogens is 399 g/mol. The Morgan fingerprint density at radius 1 is 1.29 bits per heavy atom. The van der Waals surface area contributed by atoms with E-state index in [1.165, 1.54) is 18.3 Å². The summed E-state index contributed by atoms with van der Waals surface area (Å²) < 4.78 is 14.5. The van der Waals surface area contributed by atoms with Gasteiger partial charge in [-0.25, -0.2) is 14.2 Å². The Kier molecular flexibility index (Phi) is 7.68. The summed E-state index contributed by atoms with van der Waals surface area (Å²) in [7, 11) is 3.42. The molecule has 2 aromatic heterocycles. The number of H-pyrrole nitrogens is 1. The summed E-state index contributed by atoms with van der Waals surface area (Å²) in [6.45, 7) is 4.21. The second-order valence-electron chi connectivity index (χ2n) is 7.26. The molecule has 0 bridgehead atoms. The molecular formula is C22H29FN6O2. The summed E-state index contributed by atoms with van der Waals surface area (Å²) >= 11 is 0. The van der Waals surface area contributed by atoms with Gasteiger partial charge in [-0.3, -0.25) is 15.1 Å². The van der Waals surface area contributed by atoms with E-state index >= 15 is 0 Å². The van der Waals surface area contributed by atoms with E-state index < -0.39 is 11.8 Å². The Bertz CT molecular complexity index is 1080. The Hall–Kier alpha value is -3.49. The average molecular weight is 429 g/mol. The molecule has 0 fully saturated rings. The molecule has 0 spiro atoms. The molecule has 0 aliphatic heterocycles. The first-order chi connectivity index (χ1) is 14.3. The first-order valence-electron chi connectivity index (χ1n) is 9.69. The van der Waals surface area contributed by atoms with Crippen LogP contribution in [0.2, 0.25) is 0 Å². The topological polar surface area (TPSA) is 103 Å². The molecule has 9 heteroatoms. The van der Waals surface area contributed by atoms with Crippen LogP contribution in [0.15, 0.2) is 30.5 Å². The van der Waals surface area contributed by atoms with E-state index in [1.807, 2.05) is 19.9 Å². The first kappa shape index (κ1) is 23.8. The van der Waals surface area contributed by atoms with Gasteiger partial charge in [0, 0.05) is 38.8 Å². The van der Waals surface area contributed by atoms with Crippen LogP contribution in [0.5, 0.6) is 0 Å². The number of nitrogens with one attached hydrogen (secondary N) is 3. The van der Waals surface area contributed by atoms with E-state index in [-0.39, 0.29) is 30.9 Å². The molecule has 3 amide bonds. The molecule has 1 unspecified atom stereocenters. The third-order valence-corrected chi connectivity index (χ3v) is 4.74. The number of nitrogens with zero attached hydrogens (tertiary/aromatic N) is 3. The van der Waals surface area contributed by atoms with Gasteiger partial charge in [0.2, 0.25) is 11.9 Å². The number of hydrogen-bond donors (Lipinski definition) is 3. The smallest absolute Gasteiger partial charge is 0.321 e. The highest BCUT2D eigenvalue weighted by molar-refractivity contribution is 5.95. The normalized spacial score (nSPS) is 11.5. The number of fused-ring (bicyclic) bond motifs is 1. The van der Waals surface area contributed by atoms with Crippen molar-refractivity contribution in [3.63, 3.8) is 0 Å². The van der Waals surface area contributed by atoms with Gasteiger partial charge in [-0.1, -0.05) is 14.4 Å². The molecule has 0 saturated heterocycles. The highest BCUT2D eigenvalue weighted by Crippen LogP contribution is 2.33. The maximum Gasteiger partial charge on any atom is 0.321 e. The number of pyridine rings is 1.